The Morgan fingerprint density at radius 1 is 1.41 bits per heavy atom. The fraction of sp³-hybridized carbons (Fsp3) is 0.692. The van der Waals surface area contributed by atoms with Crippen molar-refractivity contribution in [1.82, 2.24) is 5.32 Å². The van der Waals surface area contributed by atoms with Gasteiger partial charge in [0, 0.05) is 17.0 Å². The van der Waals surface area contributed by atoms with Crippen LogP contribution in [0, 0.1) is 0 Å². The van der Waals surface area contributed by atoms with Crippen LogP contribution >= 0.6 is 27.3 Å². The summed E-state index contributed by atoms with van der Waals surface area (Å²) in [6.45, 7) is 5.39. The highest BCUT2D eigenvalue weighted by Crippen LogP contribution is 2.47. The first-order valence-corrected chi connectivity index (χ1v) is 7.89. The molecular weight excluding hydrogens is 298 g/mol. The van der Waals surface area contributed by atoms with Crippen molar-refractivity contribution in [2.45, 2.75) is 50.8 Å². The van der Waals surface area contributed by atoms with E-state index in [9.17, 15) is 0 Å². The van der Waals surface area contributed by atoms with Gasteiger partial charge in [0.1, 0.15) is 5.60 Å². The monoisotopic (exact) mass is 315 g/mol. The lowest BCUT2D eigenvalue weighted by atomic mass is 9.80. The van der Waals surface area contributed by atoms with Crippen molar-refractivity contribution in [2.75, 3.05) is 6.61 Å². The first-order valence-electron chi connectivity index (χ1n) is 6.28. The third kappa shape index (κ3) is 2.09. The van der Waals surface area contributed by atoms with Crippen LogP contribution in [0.15, 0.2) is 9.85 Å². The van der Waals surface area contributed by atoms with E-state index in [-0.39, 0.29) is 5.60 Å². The largest absolute Gasteiger partial charge is 0.369 e. The number of nitrogens with one attached hydrogen (secondary N) is 1. The van der Waals surface area contributed by atoms with E-state index < -0.39 is 0 Å². The molecule has 0 bridgehead atoms. The quantitative estimate of drug-likeness (QED) is 0.792. The van der Waals surface area contributed by atoms with Gasteiger partial charge in [0.15, 0.2) is 0 Å². The minimum absolute atomic E-state index is 0.0195. The van der Waals surface area contributed by atoms with Gasteiger partial charge in [0.2, 0.25) is 0 Å². The van der Waals surface area contributed by atoms with Gasteiger partial charge >= 0.3 is 0 Å². The van der Waals surface area contributed by atoms with Crippen LogP contribution in [0.3, 0.4) is 0 Å². The van der Waals surface area contributed by atoms with Crippen LogP contribution in [0.25, 0.3) is 0 Å². The first kappa shape index (κ1) is 12.2. The molecule has 1 spiro atoms. The van der Waals surface area contributed by atoms with Crippen LogP contribution in [0.4, 0.5) is 0 Å². The topological polar surface area (TPSA) is 21.3 Å². The lowest BCUT2D eigenvalue weighted by Crippen LogP contribution is -2.52. The third-order valence-corrected chi connectivity index (χ3v) is 5.65. The molecule has 0 unspecified atom stereocenters. The summed E-state index contributed by atoms with van der Waals surface area (Å²) in [5, 5.41) is 3.60. The maximum absolute atomic E-state index is 6.24. The van der Waals surface area contributed by atoms with Crippen LogP contribution in [0.1, 0.15) is 37.1 Å². The highest BCUT2D eigenvalue weighted by Gasteiger charge is 2.44. The minimum Gasteiger partial charge on any atom is -0.369 e. The molecule has 17 heavy (non-hydrogen) atoms. The Labute approximate surface area is 115 Å². The number of fused-ring (bicyclic) bond motifs is 2. The summed E-state index contributed by atoms with van der Waals surface area (Å²) in [5.74, 6) is 0. The zero-order valence-corrected chi connectivity index (χ0v) is 12.7. The lowest BCUT2D eigenvalue weighted by Gasteiger charge is -2.45. The number of rotatable bonds is 0. The van der Waals surface area contributed by atoms with Gasteiger partial charge in [-0.25, -0.2) is 0 Å². The van der Waals surface area contributed by atoms with Gasteiger partial charge in [0.05, 0.1) is 10.4 Å². The normalized spacial score (nSPS) is 37.1. The van der Waals surface area contributed by atoms with E-state index in [1.54, 1.807) is 0 Å². The number of halogens is 1. The molecule has 3 atom stereocenters. The molecule has 94 valence electrons. The summed E-state index contributed by atoms with van der Waals surface area (Å²) in [4.78, 5) is 1.47. The van der Waals surface area contributed by atoms with Gasteiger partial charge in [-0.1, -0.05) is 0 Å². The summed E-state index contributed by atoms with van der Waals surface area (Å²) in [6, 6.07) is 3.35. The van der Waals surface area contributed by atoms with Crippen LogP contribution in [0.2, 0.25) is 0 Å². The molecule has 0 saturated carbocycles. The van der Waals surface area contributed by atoms with E-state index in [1.807, 2.05) is 11.3 Å². The second-order valence-electron chi connectivity index (χ2n) is 5.37. The smallest absolute Gasteiger partial charge is 0.105 e. The Morgan fingerprint density at radius 2 is 2.12 bits per heavy atom. The predicted octanol–water partition coefficient (Wildman–Crippen LogP) is 3.44. The summed E-state index contributed by atoms with van der Waals surface area (Å²) in [5.41, 5.74) is 1.48. The van der Waals surface area contributed by atoms with Crippen molar-refractivity contribution in [1.29, 1.82) is 0 Å². The van der Waals surface area contributed by atoms with Crippen molar-refractivity contribution in [3.63, 3.8) is 0 Å². The summed E-state index contributed by atoms with van der Waals surface area (Å²) in [7, 11) is 0. The summed E-state index contributed by atoms with van der Waals surface area (Å²) < 4.78 is 7.48. The number of hydrogen-bond donors (Lipinski definition) is 1. The second-order valence-corrected chi connectivity index (χ2v) is 7.81. The molecule has 3 rings (SSSR count). The van der Waals surface area contributed by atoms with Gasteiger partial charge < -0.3 is 10.1 Å². The summed E-state index contributed by atoms with van der Waals surface area (Å²) >= 11 is 5.48. The van der Waals surface area contributed by atoms with Crippen LogP contribution in [-0.4, -0.2) is 18.7 Å². The summed E-state index contributed by atoms with van der Waals surface area (Å²) in [6.07, 6.45) is 3.25. The van der Waals surface area contributed by atoms with Crippen molar-refractivity contribution < 1.29 is 4.74 Å². The number of piperidine rings is 1. The molecular formula is C13H18BrNOS. The van der Waals surface area contributed by atoms with Gasteiger partial charge in [-0.05, 0) is 60.7 Å². The van der Waals surface area contributed by atoms with E-state index in [2.05, 4.69) is 41.2 Å². The van der Waals surface area contributed by atoms with E-state index in [1.165, 1.54) is 14.2 Å². The molecule has 1 aromatic heterocycles. The molecule has 1 fully saturated rings. The van der Waals surface area contributed by atoms with Crippen LogP contribution in [-0.2, 0) is 16.8 Å². The van der Waals surface area contributed by atoms with Gasteiger partial charge in [-0.2, -0.15) is 0 Å². The lowest BCUT2D eigenvalue weighted by molar-refractivity contribution is -0.0932. The number of thiophene rings is 1. The molecule has 1 N–H and O–H groups in total. The van der Waals surface area contributed by atoms with Crippen molar-refractivity contribution in [3.8, 4) is 0 Å². The minimum atomic E-state index is -0.0195. The number of ether oxygens (including phenoxy) is 1. The predicted molar refractivity (Wildman–Crippen MR) is 74.6 cm³/mol. The molecule has 2 nitrogen and oxygen atoms in total. The Bertz CT molecular complexity index is 421. The second kappa shape index (κ2) is 4.34. The fourth-order valence-corrected chi connectivity index (χ4v) is 5.23. The molecule has 2 aliphatic rings. The SMILES string of the molecule is C[C@@H]1C[C@]2(C[C@H](C)N1)OCCc1cc(Br)sc12. The molecule has 2 aliphatic heterocycles. The zero-order valence-electron chi connectivity index (χ0n) is 10.3. The third-order valence-electron chi connectivity index (χ3n) is 3.78. The van der Waals surface area contributed by atoms with Crippen molar-refractivity contribution >= 4 is 27.3 Å². The first-order chi connectivity index (χ1) is 8.09. The molecule has 4 heteroatoms. The van der Waals surface area contributed by atoms with E-state index in [4.69, 9.17) is 4.74 Å². The van der Waals surface area contributed by atoms with E-state index >= 15 is 0 Å². The average Bonchev–Trinajstić information content (AvgIpc) is 2.58. The molecule has 3 heterocycles. The van der Waals surface area contributed by atoms with E-state index in [0.717, 1.165) is 25.9 Å². The molecule has 0 aromatic carbocycles. The maximum Gasteiger partial charge on any atom is 0.105 e. The highest BCUT2D eigenvalue weighted by molar-refractivity contribution is 9.11. The van der Waals surface area contributed by atoms with Gasteiger partial charge in [0.25, 0.3) is 0 Å². The Kier molecular flexibility index (Phi) is 3.10. The molecule has 0 radical (unpaired) electrons. The van der Waals surface area contributed by atoms with Crippen molar-refractivity contribution in [2.24, 2.45) is 0 Å². The van der Waals surface area contributed by atoms with Gasteiger partial charge in [-0.15, -0.1) is 11.3 Å². The molecule has 1 saturated heterocycles. The van der Waals surface area contributed by atoms with Crippen LogP contribution < -0.4 is 5.32 Å². The standard InChI is InChI=1S/C13H18BrNOS/c1-8-6-13(7-9(2)15-8)12-10(3-4-16-13)5-11(14)17-12/h5,8-9,15H,3-4,6-7H2,1-2H3/t8-,9+,13-. The fourth-order valence-electron chi connectivity index (χ4n) is 3.37. The van der Waals surface area contributed by atoms with Crippen molar-refractivity contribution in [3.05, 3.63) is 20.3 Å². The molecule has 1 aromatic rings. The Hall–Kier alpha value is 0.1000. The Morgan fingerprint density at radius 3 is 2.82 bits per heavy atom. The maximum atomic E-state index is 6.24. The Balaban J connectivity index is 2.02. The van der Waals surface area contributed by atoms with Crippen LogP contribution in [0.5, 0.6) is 0 Å². The highest BCUT2D eigenvalue weighted by atomic mass is 79.9. The van der Waals surface area contributed by atoms with E-state index in [0.29, 0.717) is 12.1 Å². The number of hydrogen-bond acceptors (Lipinski definition) is 3. The molecule has 0 amide bonds. The zero-order chi connectivity index (χ0) is 12.0. The van der Waals surface area contributed by atoms with Gasteiger partial charge in [-0.3, -0.25) is 0 Å². The average molecular weight is 316 g/mol. The molecule has 0 aliphatic carbocycles.